The number of aryl methyl sites for hydroxylation is 1. The van der Waals surface area contributed by atoms with Gasteiger partial charge in [0, 0.05) is 13.1 Å². The number of nitrogens with zero attached hydrogens (tertiary/aromatic N) is 2. The third-order valence-corrected chi connectivity index (χ3v) is 7.54. The van der Waals surface area contributed by atoms with Crippen LogP contribution in [0.15, 0.2) is 24.3 Å². The number of thiazole rings is 1. The molecule has 1 saturated heterocycles. The summed E-state index contributed by atoms with van der Waals surface area (Å²) in [6, 6.07) is 5.13. The summed E-state index contributed by atoms with van der Waals surface area (Å²) in [5, 5.41) is 0.531. The molecule has 30 heavy (non-hydrogen) atoms. The lowest BCUT2D eigenvalue weighted by molar-refractivity contribution is -0.134. The van der Waals surface area contributed by atoms with E-state index in [0.717, 1.165) is 11.3 Å². The highest BCUT2D eigenvalue weighted by Crippen LogP contribution is 2.22. The molecule has 1 aliphatic heterocycles. The minimum atomic E-state index is -3.12. The van der Waals surface area contributed by atoms with E-state index >= 15 is 0 Å². The summed E-state index contributed by atoms with van der Waals surface area (Å²) >= 11 is 1.09. The molecule has 1 aromatic heterocycles. The Hall–Kier alpha value is -2.53. The fourth-order valence-electron chi connectivity index (χ4n) is 2.96. The monoisotopic (exact) mass is 456 g/mol. The van der Waals surface area contributed by atoms with E-state index in [-0.39, 0.29) is 28.8 Å². The van der Waals surface area contributed by atoms with Crippen LogP contribution in [0.1, 0.15) is 26.8 Å². The quantitative estimate of drug-likeness (QED) is 0.587. The number of carbonyl (C=O) groups is 2. The van der Waals surface area contributed by atoms with Crippen molar-refractivity contribution in [2.45, 2.75) is 26.0 Å². The number of rotatable bonds is 7. The second-order valence-electron chi connectivity index (χ2n) is 6.90. The van der Waals surface area contributed by atoms with Crippen LogP contribution in [0.3, 0.4) is 0 Å². The van der Waals surface area contributed by atoms with Crippen LogP contribution in [0.5, 0.6) is 5.75 Å². The maximum absolute atomic E-state index is 12.9. The standard InChI is InChI=1S/C19H21FN2O6S2/c1-12-18(29-16(21-12)9-27-15-5-3-13(20)4-6-15)19(24)28-10-17(23)22(2)14-7-8-30(25,26)11-14/h3-6,14H,7-11H2,1-2H3/t14-/m0/s1. The van der Waals surface area contributed by atoms with E-state index in [2.05, 4.69) is 4.98 Å². The van der Waals surface area contributed by atoms with Crippen LogP contribution in [-0.2, 0) is 26.0 Å². The van der Waals surface area contributed by atoms with Gasteiger partial charge in [-0.2, -0.15) is 0 Å². The topological polar surface area (TPSA) is 103 Å². The van der Waals surface area contributed by atoms with Crippen LogP contribution in [-0.4, -0.2) is 61.4 Å². The Morgan fingerprint density at radius 1 is 1.30 bits per heavy atom. The Bertz CT molecular complexity index is 1040. The molecule has 0 N–H and O–H groups in total. The summed E-state index contributed by atoms with van der Waals surface area (Å²) in [6.45, 7) is 1.26. The van der Waals surface area contributed by atoms with Crippen molar-refractivity contribution in [1.82, 2.24) is 9.88 Å². The zero-order valence-electron chi connectivity index (χ0n) is 16.5. The van der Waals surface area contributed by atoms with Gasteiger partial charge in [-0.15, -0.1) is 11.3 Å². The van der Waals surface area contributed by atoms with Crippen molar-refractivity contribution in [3.8, 4) is 5.75 Å². The maximum atomic E-state index is 12.9. The Labute approximate surface area is 177 Å². The summed E-state index contributed by atoms with van der Waals surface area (Å²) in [5.41, 5.74) is 0.449. The fraction of sp³-hybridized carbons (Fsp3) is 0.421. The van der Waals surface area contributed by atoms with Crippen LogP contribution in [0.2, 0.25) is 0 Å². The molecule has 1 aromatic carbocycles. The molecule has 8 nitrogen and oxygen atoms in total. The van der Waals surface area contributed by atoms with Crippen LogP contribution in [0, 0.1) is 12.7 Å². The van der Waals surface area contributed by atoms with Crippen LogP contribution < -0.4 is 4.74 Å². The van der Waals surface area contributed by atoms with Gasteiger partial charge in [-0.25, -0.2) is 22.6 Å². The molecule has 1 fully saturated rings. The van der Waals surface area contributed by atoms with E-state index < -0.39 is 34.4 Å². The smallest absolute Gasteiger partial charge is 0.350 e. The lowest BCUT2D eigenvalue weighted by Gasteiger charge is -2.23. The molecule has 162 valence electrons. The molecule has 11 heteroatoms. The average molecular weight is 457 g/mol. The number of aromatic nitrogens is 1. The van der Waals surface area contributed by atoms with E-state index in [1.54, 1.807) is 6.92 Å². The third-order valence-electron chi connectivity index (χ3n) is 4.68. The number of carbonyl (C=O) groups excluding carboxylic acids is 2. The average Bonchev–Trinajstić information content (AvgIpc) is 3.26. The van der Waals surface area contributed by atoms with Crippen molar-refractivity contribution < 1.29 is 31.9 Å². The fourth-order valence-corrected chi connectivity index (χ4v) is 5.60. The largest absolute Gasteiger partial charge is 0.486 e. The Kier molecular flexibility index (Phi) is 6.71. The molecule has 0 spiro atoms. The first-order valence-corrected chi connectivity index (χ1v) is 11.8. The van der Waals surface area contributed by atoms with Gasteiger partial charge in [0.2, 0.25) is 0 Å². The highest BCUT2D eigenvalue weighted by molar-refractivity contribution is 7.91. The lowest BCUT2D eigenvalue weighted by atomic mass is 10.2. The number of ether oxygens (including phenoxy) is 2. The number of hydrogen-bond donors (Lipinski definition) is 0. The first kappa shape index (κ1) is 22.2. The van der Waals surface area contributed by atoms with Gasteiger partial charge in [0.15, 0.2) is 16.4 Å². The number of likely N-dealkylation sites (N-methyl/N-ethyl adjacent to an activating group) is 1. The molecule has 2 aromatic rings. The Balaban J connectivity index is 1.52. The summed E-state index contributed by atoms with van der Waals surface area (Å²) < 4.78 is 46.7. The zero-order chi connectivity index (χ0) is 21.9. The molecule has 1 amide bonds. The van der Waals surface area contributed by atoms with Gasteiger partial charge in [0.1, 0.15) is 28.1 Å². The van der Waals surface area contributed by atoms with E-state index in [4.69, 9.17) is 9.47 Å². The van der Waals surface area contributed by atoms with Gasteiger partial charge in [-0.05, 0) is 37.6 Å². The van der Waals surface area contributed by atoms with Crippen molar-refractivity contribution in [1.29, 1.82) is 0 Å². The molecule has 2 heterocycles. The first-order chi connectivity index (χ1) is 14.1. The van der Waals surface area contributed by atoms with Crippen LogP contribution in [0.4, 0.5) is 4.39 Å². The van der Waals surface area contributed by atoms with Gasteiger partial charge in [0.25, 0.3) is 5.91 Å². The molecule has 3 rings (SSSR count). The van der Waals surface area contributed by atoms with E-state index in [0.29, 0.717) is 22.9 Å². The van der Waals surface area contributed by atoms with Crippen molar-refractivity contribution >= 4 is 33.1 Å². The predicted molar refractivity (Wildman–Crippen MR) is 108 cm³/mol. The van der Waals surface area contributed by atoms with Crippen molar-refractivity contribution in [2.24, 2.45) is 0 Å². The van der Waals surface area contributed by atoms with Gasteiger partial charge < -0.3 is 14.4 Å². The van der Waals surface area contributed by atoms with E-state index in [1.807, 2.05) is 0 Å². The number of esters is 1. The zero-order valence-corrected chi connectivity index (χ0v) is 18.1. The van der Waals surface area contributed by atoms with Crippen LogP contribution >= 0.6 is 11.3 Å². The van der Waals surface area contributed by atoms with Gasteiger partial charge in [0.05, 0.1) is 17.2 Å². The van der Waals surface area contributed by atoms with Gasteiger partial charge >= 0.3 is 5.97 Å². The Morgan fingerprint density at radius 3 is 2.63 bits per heavy atom. The third kappa shape index (κ3) is 5.54. The molecule has 0 unspecified atom stereocenters. The summed E-state index contributed by atoms with van der Waals surface area (Å²) in [6.07, 6.45) is 0.379. The van der Waals surface area contributed by atoms with Gasteiger partial charge in [-0.1, -0.05) is 0 Å². The summed E-state index contributed by atoms with van der Waals surface area (Å²) in [4.78, 5) is 30.4. The molecule has 1 atom stereocenters. The number of hydrogen-bond acceptors (Lipinski definition) is 8. The molecular weight excluding hydrogens is 435 g/mol. The van der Waals surface area contributed by atoms with Crippen molar-refractivity contribution in [2.75, 3.05) is 25.2 Å². The number of halogens is 1. The summed E-state index contributed by atoms with van der Waals surface area (Å²) in [5.74, 6) is -1.07. The first-order valence-electron chi connectivity index (χ1n) is 9.12. The second-order valence-corrected chi connectivity index (χ2v) is 10.2. The summed E-state index contributed by atoms with van der Waals surface area (Å²) in [7, 11) is -1.61. The Morgan fingerprint density at radius 2 is 2.00 bits per heavy atom. The predicted octanol–water partition coefficient (Wildman–Crippen LogP) is 1.97. The number of benzene rings is 1. The van der Waals surface area contributed by atoms with Gasteiger partial charge in [-0.3, -0.25) is 4.79 Å². The highest BCUT2D eigenvalue weighted by Gasteiger charge is 2.33. The molecular formula is C19H21FN2O6S2. The maximum Gasteiger partial charge on any atom is 0.350 e. The molecule has 0 aliphatic carbocycles. The highest BCUT2D eigenvalue weighted by atomic mass is 32.2. The minimum Gasteiger partial charge on any atom is -0.486 e. The van der Waals surface area contributed by atoms with Crippen LogP contribution in [0.25, 0.3) is 0 Å². The number of amides is 1. The number of sulfone groups is 1. The van der Waals surface area contributed by atoms with Crippen molar-refractivity contribution in [3.63, 3.8) is 0 Å². The molecule has 1 aliphatic rings. The normalized spacial score (nSPS) is 17.5. The van der Waals surface area contributed by atoms with E-state index in [1.165, 1.54) is 36.2 Å². The molecule has 0 saturated carbocycles. The lowest BCUT2D eigenvalue weighted by Crippen LogP contribution is -2.40. The minimum absolute atomic E-state index is 0.0535. The SMILES string of the molecule is Cc1nc(COc2ccc(F)cc2)sc1C(=O)OCC(=O)N(C)[C@H]1CCS(=O)(=O)C1. The second kappa shape index (κ2) is 9.09. The molecule has 0 bridgehead atoms. The van der Waals surface area contributed by atoms with E-state index in [9.17, 15) is 22.4 Å². The molecule has 0 radical (unpaired) electrons. The van der Waals surface area contributed by atoms with Crippen molar-refractivity contribution in [3.05, 3.63) is 45.7 Å².